The third-order valence-electron chi connectivity index (χ3n) is 5.54. The van der Waals surface area contributed by atoms with Crippen molar-refractivity contribution in [3.05, 3.63) is 63.9 Å². The fourth-order valence-electron chi connectivity index (χ4n) is 3.44. The van der Waals surface area contributed by atoms with Crippen molar-refractivity contribution in [1.29, 1.82) is 0 Å². The van der Waals surface area contributed by atoms with Gasteiger partial charge in [-0.1, -0.05) is 30.0 Å². The van der Waals surface area contributed by atoms with Gasteiger partial charge < -0.3 is 5.32 Å². The Hall–Kier alpha value is -2.60. The quantitative estimate of drug-likeness (QED) is 0.495. The highest BCUT2D eigenvalue weighted by molar-refractivity contribution is 7.99. The van der Waals surface area contributed by atoms with Gasteiger partial charge in [-0.25, -0.2) is 4.98 Å². The van der Waals surface area contributed by atoms with Crippen molar-refractivity contribution in [3.63, 3.8) is 0 Å². The standard InChI is InChI=1S/C23H25N3O2S/c1-14-8-11-18(12-15(14)2)26-22(28)19-6-4-5-7-20(19)25-23(26)29-13-21(27)24-16(3)17-9-10-17/h4-8,11-12,16-17H,9-10,13H2,1-3H3,(H,24,27)/t16-/m0/s1. The van der Waals surface area contributed by atoms with E-state index in [1.807, 2.05) is 50.2 Å². The smallest absolute Gasteiger partial charge is 0.266 e. The van der Waals surface area contributed by atoms with E-state index in [1.54, 1.807) is 10.6 Å². The summed E-state index contributed by atoms with van der Waals surface area (Å²) in [7, 11) is 0. The number of benzene rings is 2. The molecule has 2 aromatic carbocycles. The zero-order valence-electron chi connectivity index (χ0n) is 16.9. The summed E-state index contributed by atoms with van der Waals surface area (Å²) in [5.41, 5.74) is 3.57. The van der Waals surface area contributed by atoms with E-state index in [-0.39, 0.29) is 23.3 Å². The number of nitrogens with one attached hydrogen (secondary N) is 1. The number of aromatic nitrogens is 2. The van der Waals surface area contributed by atoms with Gasteiger partial charge in [0.1, 0.15) is 0 Å². The Morgan fingerprint density at radius 3 is 2.69 bits per heavy atom. The third kappa shape index (κ3) is 4.22. The molecule has 5 nitrogen and oxygen atoms in total. The largest absolute Gasteiger partial charge is 0.353 e. The van der Waals surface area contributed by atoms with E-state index in [2.05, 4.69) is 12.2 Å². The molecule has 0 bridgehead atoms. The maximum Gasteiger partial charge on any atom is 0.266 e. The van der Waals surface area contributed by atoms with Gasteiger partial charge in [0, 0.05) is 6.04 Å². The number of carbonyl (C=O) groups excluding carboxylic acids is 1. The molecule has 1 fully saturated rings. The van der Waals surface area contributed by atoms with Crippen LogP contribution in [0.3, 0.4) is 0 Å². The molecule has 0 aliphatic heterocycles. The van der Waals surface area contributed by atoms with Crippen LogP contribution in [0.2, 0.25) is 0 Å². The number of thioether (sulfide) groups is 1. The number of carbonyl (C=O) groups is 1. The summed E-state index contributed by atoms with van der Waals surface area (Å²) >= 11 is 1.30. The molecule has 1 saturated carbocycles. The Bertz CT molecular complexity index is 1130. The Kier molecular flexibility index (Phi) is 5.46. The first-order valence-electron chi connectivity index (χ1n) is 9.95. The fraction of sp³-hybridized carbons (Fsp3) is 0.348. The summed E-state index contributed by atoms with van der Waals surface area (Å²) in [5, 5.41) is 4.17. The summed E-state index contributed by atoms with van der Waals surface area (Å²) in [4.78, 5) is 30.4. The van der Waals surface area contributed by atoms with Crippen molar-refractivity contribution < 1.29 is 4.79 Å². The molecule has 0 saturated heterocycles. The van der Waals surface area contributed by atoms with Gasteiger partial charge in [0.25, 0.3) is 5.56 Å². The topological polar surface area (TPSA) is 64.0 Å². The number of nitrogens with zero attached hydrogens (tertiary/aromatic N) is 2. The molecule has 0 spiro atoms. The maximum absolute atomic E-state index is 13.3. The van der Waals surface area contributed by atoms with E-state index in [9.17, 15) is 9.59 Å². The van der Waals surface area contributed by atoms with Gasteiger partial charge in [0.05, 0.1) is 22.3 Å². The first-order chi connectivity index (χ1) is 13.9. The van der Waals surface area contributed by atoms with Crippen LogP contribution in [0.25, 0.3) is 16.6 Å². The number of hydrogen-bond donors (Lipinski definition) is 1. The predicted octanol–water partition coefficient (Wildman–Crippen LogP) is 4.01. The van der Waals surface area contributed by atoms with Crippen LogP contribution >= 0.6 is 11.8 Å². The molecule has 1 heterocycles. The van der Waals surface area contributed by atoms with Crippen molar-refractivity contribution in [2.75, 3.05) is 5.75 Å². The van der Waals surface area contributed by atoms with Crippen molar-refractivity contribution >= 4 is 28.6 Å². The molecule has 1 atom stereocenters. The lowest BCUT2D eigenvalue weighted by atomic mass is 10.1. The van der Waals surface area contributed by atoms with Crippen molar-refractivity contribution in [2.45, 2.75) is 44.8 Å². The monoisotopic (exact) mass is 407 g/mol. The Balaban J connectivity index is 1.70. The van der Waals surface area contributed by atoms with E-state index in [0.717, 1.165) is 16.8 Å². The van der Waals surface area contributed by atoms with E-state index in [4.69, 9.17) is 4.98 Å². The van der Waals surface area contributed by atoms with Gasteiger partial charge in [-0.2, -0.15) is 0 Å². The molecule has 3 aromatic rings. The van der Waals surface area contributed by atoms with Crippen molar-refractivity contribution in [1.82, 2.24) is 14.9 Å². The van der Waals surface area contributed by atoms with Gasteiger partial charge in [0.15, 0.2) is 5.16 Å². The predicted molar refractivity (Wildman–Crippen MR) is 118 cm³/mol. The van der Waals surface area contributed by atoms with Crippen LogP contribution in [-0.4, -0.2) is 27.3 Å². The second kappa shape index (κ2) is 8.03. The highest BCUT2D eigenvalue weighted by Gasteiger charge is 2.28. The zero-order chi connectivity index (χ0) is 20.5. The molecule has 0 unspecified atom stereocenters. The Labute approximate surface area is 174 Å². The lowest BCUT2D eigenvalue weighted by Gasteiger charge is -2.15. The lowest BCUT2D eigenvalue weighted by Crippen LogP contribution is -2.35. The highest BCUT2D eigenvalue weighted by atomic mass is 32.2. The number of rotatable bonds is 6. The molecule has 1 amide bonds. The molecule has 150 valence electrons. The van der Waals surface area contributed by atoms with Crippen LogP contribution in [0, 0.1) is 19.8 Å². The summed E-state index contributed by atoms with van der Waals surface area (Å²) in [6.07, 6.45) is 2.38. The number of aryl methyl sites for hydroxylation is 2. The fourth-order valence-corrected chi connectivity index (χ4v) is 4.27. The average molecular weight is 408 g/mol. The lowest BCUT2D eigenvalue weighted by molar-refractivity contribution is -0.119. The second-order valence-corrected chi connectivity index (χ2v) is 8.75. The first-order valence-corrected chi connectivity index (χ1v) is 10.9. The summed E-state index contributed by atoms with van der Waals surface area (Å²) in [6, 6.07) is 13.5. The number of fused-ring (bicyclic) bond motifs is 1. The van der Waals surface area contributed by atoms with Crippen LogP contribution in [0.1, 0.15) is 30.9 Å². The second-order valence-electron chi connectivity index (χ2n) is 7.80. The Morgan fingerprint density at radius 1 is 1.21 bits per heavy atom. The minimum absolute atomic E-state index is 0.0246. The molecular formula is C23H25N3O2S. The van der Waals surface area contributed by atoms with Gasteiger partial charge in [-0.15, -0.1) is 0 Å². The average Bonchev–Trinajstić information content (AvgIpc) is 3.54. The SMILES string of the molecule is Cc1ccc(-n2c(SCC(=O)N[C@@H](C)C3CC3)nc3ccccc3c2=O)cc1C. The van der Waals surface area contributed by atoms with E-state index < -0.39 is 0 Å². The van der Waals surface area contributed by atoms with Gasteiger partial charge >= 0.3 is 0 Å². The maximum atomic E-state index is 13.3. The Morgan fingerprint density at radius 2 is 1.97 bits per heavy atom. The van der Waals surface area contributed by atoms with Crippen LogP contribution < -0.4 is 10.9 Å². The van der Waals surface area contributed by atoms with Crippen molar-refractivity contribution in [2.24, 2.45) is 5.92 Å². The molecule has 1 aromatic heterocycles. The van der Waals surface area contributed by atoms with E-state index >= 15 is 0 Å². The zero-order valence-corrected chi connectivity index (χ0v) is 17.8. The van der Waals surface area contributed by atoms with Crippen LogP contribution in [0.15, 0.2) is 52.4 Å². The molecule has 4 rings (SSSR count). The molecule has 1 aliphatic carbocycles. The number of amides is 1. The molecule has 29 heavy (non-hydrogen) atoms. The number of hydrogen-bond acceptors (Lipinski definition) is 4. The highest BCUT2D eigenvalue weighted by Crippen LogP contribution is 2.32. The normalized spacial score (nSPS) is 14.7. The summed E-state index contributed by atoms with van der Waals surface area (Å²) < 4.78 is 1.62. The van der Waals surface area contributed by atoms with Gasteiger partial charge in [0.2, 0.25) is 5.91 Å². The van der Waals surface area contributed by atoms with Crippen LogP contribution in [0.4, 0.5) is 0 Å². The number of para-hydroxylation sites is 1. The third-order valence-corrected chi connectivity index (χ3v) is 6.48. The minimum Gasteiger partial charge on any atom is -0.353 e. The molecule has 1 aliphatic rings. The van der Waals surface area contributed by atoms with Crippen LogP contribution in [-0.2, 0) is 4.79 Å². The molecule has 0 radical (unpaired) electrons. The molecule has 6 heteroatoms. The minimum atomic E-state index is -0.117. The van der Waals surface area contributed by atoms with Gasteiger partial charge in [-0.05, 0) is 74.9 Å². The van der Waals surface area contributed by atoms with Crippen LogP contribution in [0.5, 0.6) is 0 Å². The first kappa shape index (κ1) is 19.7. The van der Waals surface area contributed by atoms with Gasteiger partial charge in [-0.3, -0.25) is 14.2 Å². The van der Waals surface area contributed by atoms with Crippen molar-refractivity contribution in [3.8, 4) is 5.69 Å². The molecular weight excluding hydrogens is 382 g/mol. The van der Waals surface area contributed by atoms with E-state index in [0.29, 0.717) is 22.0 Å². The molecule has 1 N–H and O–H groups in total. The van der Waals surface area contributed by atoms with E-state index in [1.165, 1.54) is 24.6 Å². The summed E-state index contributed by atoms with van der Waals surface area (Å²) in [5.74, 6) is 0.812. The summed E-state index contributed by atoms with van der Waals surface area (Å²) in [6.45, 7) is 6.12.